The third-order valence-electron chi connectivity index (χ3n) is 3.35. The van der Waals surface area contributed by atoms with Crippen LogP contribution in [0.2, 0.25) is 0 Å². The fourth-order valence-electron chi connectivity index (χ4n) is 2.40. The van der Waals surface area contributed by atoms with Crippen LogP contribution >= 0.6 is 11.8 Å². The van der Waals surface area contributed by atoms with Gasteiger partial charge in [0, 0.05) is 37.4 Å². The Hall–Kier alpha value is 0.220. The van der Waals surface area contributed by atoms with Crippen LogP contribution in [-0.4, -0.2) is 62.6 Å². The number of nitrogens with zero attached hydrogens (tertiary/aromatic N) is 1. The van der Waals surface area contributed by atoms with Gasteiger partial charge in [-0.25, -0.2) is 8.42 Å². The van der Waals surface area contributed by atoms with E-state index in [2.05, 4.69) is 31.0 Å². The summed E-state index contributed by atoms with van der Waals surface area (Å²) in [6.07, 6.45) is 2.49. The van der Waals surface area contributed by atoms with Gasteiger partial charge in [0.25, 0.3) is 0 Å². The van der Waals surface area contributed by atoms with Crippen LogP contribution in [0, 0.1) is 5.41 Å². The monoisotopic (exact) mass is 308 g/mol. The van der Waals surface area contributed by atoms with Crippen molar-refractivity contribution in [1.29, 1.82) is 0 Å². The van der Waals surface area contributed by atoms with Crippen LogP contribution in [0.15, 0.2) is 0 Å². The molecule has 0 aromatic rings. The van der Waals surface area contributed by atoms with Crippen LogP contribution in [0.5, 0.6) is 0 Å². The lowest BCUT2D eigenvalue weighted by Gasteiger charge is -2.39. The predicted molar refractivity (Wildman–Crippen MR) is 84.5 cm³/mol. The summed E-state index contributed by atoms with van der Waals surface area (Å²) in [5.41, 5.74) is 0.0973. The standard InChI is InChI=1S/C13H28N2O2S2/c1-5-6-14-10-13(2,3)11-15-7-8-18-9-12(15)19(4,16)17/h12,14H,5-11H2,1-4H3. The molecule has 1 atom stereocenters. The van der Waals surface area contributed by atoms with Crippen molar-refractivity contribution in [2.24, 2.45) is 5.41 Å². The van der Waals surface area contributed by atoms with Crippen LogP contribution in [0.1, 0.15) is 27.2 Å². The van der Waals surface area contributed by atoms with Gasteiger partial charge in [0.05, 0.1) is 0 Å². The molecule has 19 heavy (non-hydrogen) atoms. The first-order valence-corrected chi connectivity index (χ1v) is 10.1. The molecule has 1 aliphatic heterocycles. The summed E-state index contributed by atoms with van der Waals surface area (Å²) in [6.45, 7) is 10.2. The maximum Gasteiger partial charge on any atom is 0.164 e. The average molecular weight is 309 g/mol. The van der Waals surface area contributed by atoms with Crippen molar-refractivity contribution in [3.05, 3.63) is 0 Å². The number of thioether (sulfide) groups is 1. The molecule has 1 N–H and O–H groups in total. The SMILES string of the molecule is CCCNCC(C)(C)CN1CCSCC1S(C)(=O)=O. The maximum absolute atomic E-state index is 11.9. The van der Waals surface area contributed by atoms with E-state index in [9.17, 15) is 8.42 Å². The van der Waals surface area contributed by atoms with Gasteiger partial charge in [-0.2, -0.15) is 11.8 Å². The Morgan fingerprint density at radius 2 is 2.11 bits per heavy atom. The molecule has 1 rings (SSSR count). The van der Waals surface area contributed by atoms with Gasteiger partial charge in [-0.3, -0.25) is 4.90 Å². The first-order valence-electron chi connectivity index (χ1n) is 6.97. The van der Waals surface area contributed by atoms with Crippen molar-refractivity contribution in [2.45, 2.75) is 32.6 Å². The highest BCUT2D eigenvalue weighted by Gasteiger charge is 2.34. The van der Waals surface area contributed by atoms with Crippen LogP contribution in [0.4, 0.5) is 0 Å². The lowest BCUT2D eigenvalue weighted by atomic mass is 9.92. The van der Waals surface area contributed by atoms with Crippen molar-refractivity contribution in [3.8, 4) is 0 Å². The number of sulfone groups is 1. The van der Waals surface area contributed by atoms with Gasteiger partial charge < -0.3 is 5.32 Å². The second kappa shape index (κ2) is 7.29. The number of nitrogens with one attached hydrogen (secondary N) is 1. The largest absolute Gasteiger partial charge is 0.316 e. The Kier molecular flexibility index (Phi) is 6.63. The Bertz CT molecular complexity index is 369. The Morgan fingerprint density at radius 3 is 2.68 bits per heavy atom. The summed E-state index contributed by atoms with van der Waals surface area (Å²) >= 11 is 1.74. The first kappa shape index (κ1) is 17.3. The van der Waals surface area contributed by atoms with Crippen molar-refractivity contribution >= 4 is 21.6 Å². The molecule has 1 saturated heterocycles. The summed E-state index contributed by atoms with van der Waals surface area (Å²) in [4.78, 5) is 2.15. The van der Waals surface area contributed by atoms with E-state index in [1.807, 2.05) is 0 Å². The molecule has 114 valence electrons. The minimum absolute atomic E-state index is 0.0973. The highest BCUT2D eigenvalue weighted by molar-refractivity contribution is 8.00. The summed E-state index contributed by atoms with van der Waals surface area (Å²) in [5.74, 6) is 1.74. The molecule has 1 unspecified atom stereocenters. The van der Waals surface area contributed by atoms with E-state index < -0.39 is 9.84 Å². The van der Waals surface area contributed by atoms with E-state index in [1.54, 1.807) is 11.8 Å². The lowest BCUT2D eigenvalue weighted by molar-refractivity contribution is 0.171. The number of hydrogen-bond donors (Lipinski definition) is 1. The van der Waals surface area contributed by atoms with Gasteiger partial charge in [-0.1, -0.05) is 20.8 Å². The fraction of sp³-hybridized carbons (Fsp3) is 1.00. The lowest BCUT2D eigenvalue weighted by Crippen LogP contribution is -2.51. The second-order valence-corrected chi connectivity index (χ2v) is 9.52. The van der Waals surface area contributed by atoms with E-state index in [4.69, 9.17) is 0 Å². The van der Waals surface area contributed by atoms with Crippen molar-refractivity contribution < 1.29 is 8.42 Å². The zero-order valence-corrected chi connectivity index (χ0v) is 14.2. The highest BCUT2D eigenvalue weighted by atomic mass is 32.2. The average Bonchev–Trinajstić information content (AvgIpc) is 2.27. The van der Waals surface area contributed by atoms with Crippen LogP contribution in [0.25, 0.3) is 0 Å². The van der Waals surface area contributed by atoms with Gasteiger partial charge >= 0.3 is 0 Å². The van der Waals surface area contributed by atoms with Crippen molar-refractivity contribution in [3.63, 3.8) is 0 Å². The van der Waals surface area contributed by atoms with Gasteiger partial charge in [-0.15, -0.1) is 0 Å². The van der Waals surface area contributed by atoms with Gasteiger partial charge in [-0.05, 0) is 18.4 Å². The van der Waals surface area contributed by atoms with Gasteiger partial charge in [0.15, 0.2) is 9.84 Å². The summed E-state index contributed by atoms with van der Waals surface area (Å²) in [5, 5.41) is 3.13. The predicted octanol–water partition coefficient (Wildman–Crippen LogP) is 1.43. The van der Waals surface area contributed by atoms with Gasteiger partial charge in [0.2, 0.25) is 0 Å². The maximum atomic E-state index is 11.9. The number of hydrogen-bond acceptors (Lipinski definition) is 5. The molecule has 1 fully saturated rings. The first-order chi connectivity index (χ1) is 8.76. The molecule has 1 aliphatic rings. The Labute approximate surface area is 122 Å². The Balaban J connectivity index is 2.61. The van der Waals surface area contributed by atoms with E-state index in [1.165, 1.54) is 6.26 Å². The molecule has 0 bridgehead atoms. The minimum atomic E-state index is -2.99. The van der Waals surface area contributed by atoms with Crippen LogP contribution in [-0.2, 0) is 9.84 Å². The summed E-state index contributed by atoms with van der Waals surface area (Å²) in [7, 11) is -2.99. The molecule has 4 nitrogen and oxygen atoms in total. The number of rotatable bonds is 7. The second-order valence-electron chi connectivity index (χ2n) is 6.17. The Morgan fingerprint density at radius 1 is 1.42 bits per heavy atom. The van der Waals surface area contributed by atoms with E-state index in [0.717, 1.165) is 38.4 Å². The van der Waals surface area contributed by atoms with Crippen LogP contribution in [0.3, 0.4) is 0 Å². The molecule has 0 spiro atoms. The minimum Gasteiger partial charge on any atom is -0.316 e. The molecule has 0 aromatic heterocycles. The van der Waals surface area contributed by atoms with E-state index in [0.29, 0.717) is 5.75 Å². The topological polar surface area (TPSA) is 49.4 Å². The zero-order valence-electron chi connectivity index (χ0n) is 12.6. The zero-order chi connectivity index (χ0) is 14.5. The fourth-order valence-corrected chi connectivity index (χ4v) is 5.34. The molecule has 1 heterocycles. The quantitative estimate of drug-likeness (QED) is 0.721. The van der Waals surface area contributed by atoms with Gasteiger partial charge in [0.1, 0.15) is 5.37 Å². The highest BCUT2D eigenvalue weighted by Crippen LogP contribution is 2.25. The molecule has 0 aromatic carbocycles. The molecule has 0 amide bonds. The normalized spacial score (nSPS) is 22.6. The van der Waals surface area contributed by atoms with Crippen molar-refractivity contribution in [2.75, 3.05) is 43.9 Å². The molecule has 6 heteroatoms. The third-order valence-corrected chi connectivity index (χ3v) is 6.03. The smallest absolute Gasteiger partial charge is 0.164 e. The van der Waals surface area contributed by atoms with Crippen molar-refractivity contribution in [1.82, 2.24) is 10.2 Å². The molecular weight excluding hydrogens is 280 g/mol. The third kappa shape index (κ3) is 6.02. The summed E-state index contributed by atoms with van der Waals surface area (Å²) < 4.78 is 23.7. The molecule has 0 saturated carbocycles. The molecule has 0 aliphatic carbocycles. The molecular formula is C13H28N2O2S2. The van der Waals surface area contributed by atoms with Crippen LogP contribution < -0.4 is 5.32 Å². The molecule has 0 radical (unpaired) electrons. The van der Waals surface area contributed by atoms with E-state index >= 15 is 0 Å². The van der Waals surface area contributed by atoms with E-state index in [-0.39, 0.29) is 10.8 Å². The summed E-state index contributed by atoms with van der Waals surface area (Å²) in [6, 6.07) is 0.